The Kier molecular flexibility index (Phi) is 3.14. The monoisotopic (exact) mass is 273 g/mol. The molecule has 0 fully saturated rings. The smallest absolute Gasteiger partial charge is 0.274 e. The maximum absolute atomic E-state index is 12.4. The minimum Gasteiger partial charge on any atom is -0.497 e. The van der Waals surface area contributed by atoms with Crippen LogP contribution in [0, 0.1) is 0 Å². The maximum atomic E-state index is 12.4. The van der Waals surface area contributed by atoms with Gasteiger partial charge in [0, 0.05) is 25.1 Å². The number of fused-ring (bicyclic) bond motifs is 1. The highest BCUT2D eigenvalue weighted by molar-refractivity contribution is 6.44. The third-order valence-corrected chi connectivity index (χ3v) is 3.58. The summed E-state index contributed by atoms with van der Waals surface area (Å²) in [6, 6.07) is 5.68. The molecule has 2 aliphatic heterocycles. The summed E-state index contributed by atoms with van der Waals surface area (Å²) in [5.74, 6) is 0.516. The lowest BCUT2D eigenvalue weighted by molar-refractivity contribution is -0.121. The molecule has 0 bridgehead atoms. The number of methoxy groups -OCH3 is 1. The van der Waals surface area contributed by atoms with Crippen molar-refractivity contribution in [3.8, 4) is 5.75 Å². The van der Waals surface area contributed by atoms with Gasteiger partial charge in [0.1, 0.15) is 11.5 Å². The number of hydrogen-bond acceptors (Lipinski definition) is 4. The number of carbonyl (C=O) groups is 2. The van der Waals surface area contributed by atoms with Crippen molar-refractivity contribution in [2.24, 2.45) is 5.10 Å². The van der Waals surface area contributed by atoms with Gasteiger partial charge < -0.3 is 9.64 Å². The highest BCUT2D eigenvalue weighted by atomic mass is 16.5. The summed E-state index contributed by atoms with van der Waals surface area (Å²) in [7, 11) is 1.62. The number of hydrogen-bond donors (Lipinski definition) is 1. The zero-order valence-electron chi connectivity index (χ0n) is 11.2. The Bertz CT molecular complexity index is 610. The predicted octanol–water partition coefficient (Wildman–Crippen LogP) is 0.850. The Hall–Kier alpha value is -2.37. The zero-order chi connectivity index (χ0) is 14.1. The van der Waals surface area contributed by atoms with Crippen molar-refractivity contribution in [1.82, 2.24) is 5.43 Å². The number of amides is 2. The Balaban J connectivity index is 1.84. The Morgan fingerprint density at radius 2 is 2.20 bits per heavy atom. The number of nitrogens with zero attached hydrogens (tertiary/aromatic N) is 2. The number of rotatable bonds is 2. The van der Waals surface area contributed by atoms with Crippen LogP contribution >= 0.6 is 0 Å². The van der Waals surface area contributed by atoms with E-state index in [0.29, 0.717) is 25.1 Å². The van der Waals surface area contributed by atoms with Crippen LogP contribution in [0.1, 0.15) is 18.4 Å². The van der Waals surface area contributed by atoms with E-state index in [0.717, 1.165) is 23.4 Å². The fourth-order valence-corrected chi connectivity index (χ4v) is 2.50. The van der Waals surface area contributed by atoms with Crippen LogP contribution in [0.25, 0.3) is 0 Å². The van der Waals surface area contributed by atoms with Gasteiger partial charge in [-0.25, -0.2) is 5.43 Å². The number of nitrogens with one attached hydrogen (secondary N) is 1. The van der Waals surface area contributed by atoms with Crippen molar-refractivity contribution in [2.45, 2.75) is 19.3 Å². The third-order valence-electron chi connectivity index (χ3n) is 3.58. The van der Waals surface area contributed by atoms with E-state index in [1.54, 1.807) is 12.0 Å². The van der Waals surface area contributed by atoms with Crippen molar-refractivity contribution in [3.05, 3.63) is 23.8 Å². The Morgan fingerprint density at radius 3 is 2.90 bits per heavy atom. The number of benzene rings is 1. The number of carbonyl (C=O) groups excluding carboxylic acids is 2. The first-order chi connectivity index (χ1) is 9.69. The number of anilines is 1. The normalized spacial score (nSPS) is 17.4. The van der Waals surface area contributed by atoms with Crippen molar-refractivity contribution in [2.75, 3.05) is 18.6 Å². The standard InChI is InChI=1S/C14H15N3O3/c1-20-10-2-4-12-9(8-10)6-7-17(12)14(19)11-3-5-13(18)16-15-11/h2,4,8H,3,5-7H2,1H3,(H,16,18). The van der Waals surface area contributed by atoms with Gasteiger partial charge in [0.15, 0.2) is 0 Å². The van der Waals surface area contributed by atoms with E-state index in [1.165, 1.54) is 0 Å². The molecule has 0 atom stereocenters. The summed E-state index contributed by atoms with van der Waals surface area (Å²) in [6.07, 6.45) is 1.51. The summed E-state index contributed by atoms with van der Waals surface area (Å²) in [5, 5.41) is 3.86. The van der Waals surface area contributed by atoms with Crippen LogP contribution in [0.4, 0.5) is 5.69 Å². The van der Waals surface area contributed by atoms with Crippen LogP contribution in [0.5, 0.6) is 5.75 Å². The second kappa shape index (κ2) is 4.96. The molecule has 6 nitrogen and oxygen atoms in total. The molecular weight excluding hydrogens is 258 g/mol. The van der Waals surface area contributed by atoms with Crippen molar-refractivity contribution in [1.29, 1.82) is 0 Å². The Labute approximate surface area is 116 Å². The highest BCUT2D eigenvalue weighted by Crippen LogP contribution is 2.31. The summed E-state index contributed by atoms with van der Waals surface area (Å²) in [4.78, 5) is 25.2. The van der Waals surface area contributed by atoms with Gasteiger partial charge in [0.05, 0.1) is 7.11 Å². The zero-order valence-corrected chi connectivity index (χ0v) is 11.2. The molecule has 3 rings (SSSR count). The molecule has 0 radical (unpaired) electrons. The van der Waals surface area contributed by atoms with Gasteiger partial charge >= 0.3 is 0 Å². The van der Waals surface area contributed by atoms with Crippen LogP contribution in [0.3, 0.4) is 0 Å². The molecule has 0 aromatic heterocycles. The molecule has 104 valence electrons. The van der Waals surface area contributed by atoms with E-state index in [4.69, 9.17) is 4.74 Å². The molecule has 20 heavy (non-hydrogen) atoms. The fraction of sp³-hybridized carbons (Fsp3) is 0.357. The van der Waals surface area contributed by atoms with Crippen LogP contribution in [0.2, 0.25) is 0 Å². The lowest BCUT2D eigenvalue weighted by atomic mass is 10.1. The first-order valence-corrected chi connectivity index (χ1v) is 6.53. The number of ether oxygens (including phenoxy) is 1. The summed E-state index contributed by atoms with van der Waals surface area (Å²) in [5.41, 5.74) is 4.76. The second-order valence-corrected chi connectivity index (χ2v) is 4.79. The van der Waals surface area contributed by atoms with Crippen LogP contribution in [-0.4, -0.2) is 31.2 Å². The van der Waals surface area contributed by atoms with Gasteiger partial charge in [-0.15, -0.1) is 0 Å². The molecule has 6 heteroatoms. The molecular formula is C14H15N3O3. The summed E-state index contributed by atoms with van der Waals surface area (Å²) >= 11 is 0. The molecule has 1 aromatic carbocycles. The lowest BCUT2D eigenvalue weighted by Crippen LogP contribution is -2.39. The molecule has 0 spiro atoms. The van der Waals surface area contributed by atoms with Crippen molar-refractivity contribution >= 4 is 23.2 Å². The summed E-state index contributed by atoms with van der Waals surface area (Å²) < 4.78 is 5.19. The first-order valence-electron chi connectivity index (χ1n) is 6.53. The van der Waals surface area contributed by atoms with E-state index in [2.05, 4.69) is 10.5 Å². The van der Waals surface area contributed by atoms with Gasteiger partial charge in [0.2, 0.25) is 5.91 Å². The van der Waals surface area contributed by atoms with Crippen LogP contribution in [0.15, 0.2) is 23.3 Å². The molecule has 0 aliphatic carbocycles. The summed E-state index contributed by atoms with van der Waals surface area (Å²) in [6.45, 7) is 0.633. The van der Waals surface area contributed by atoms with Gasteiger partial charge in [-0.05, 0) is 30.2 Å². The third kappa shape index (κ3) is 2.13. The van der Waals surface area contributed by atoms with E-state index >= 15 is 0 Å². The van der Waals surface area contributed by atoms with E-state index < -0.39 is 0 Å². The van der Waals surface area contributed by atoms with Crippen LogP contribution in [-0.2, 0) is 16.0 Å². The lowest BCUT2D eigenvalue weighted by Gasteiger charge is -2.20. The minimum atomic E-state index is -0.145. The fourth-order valence-electron chi connectivity index (χ4n) is 2.50. The van der Waals surface area contributed by atoms with Crippen molar-refractivity contribution < 1.29 is 14.3 Å². The first kappa shape index (κ1) is 12.7. The molecule has 0 saturated carbocycles. The quantitative estimate of drug-likeness (QED) is 0.868. The average molecular weight is 273 g/mol. The SMILES string of the molecule is COc1ccc2c(c1)CCN2C(=O)C1=NNC(=O)CC1. The topological polar surface area (TPSA) is 71.0 Å². The molecule has 2 heterocycles. The largest absolute Gasteiger partial charge is 0.497 e. The highest BCUT2D eigenvalue weighted by Gasteiger charge is 2.29. The van der Waals surface area contributed by atoms with Gasteiger partial charge in [-0.3, -0.25) is 9.59 Å². The minimum absolute atomic E-state index is 0.131. The van der Waals surface area contributed by atoms with E-state index in [-0.39, 0.29) is 11.8 Å². The van der Waals surface area contributed by atoms with Gasteiger partial charge in [-0.2, -0.15) is 5.10 Å². The maximum Gasteiger partial charge on any atom is 0.274 e. The second-order valence-electron chi connectivity index (χ2n) is 4.79. The van der Waals surface area contributed by atoms with E-state index in [1.807, 2.05) is 18.2 Å². The van der Waals surface area contributed by atoms with Gasteiger partial charge in [0.25, 0.3) is 5.91 Å². The molecule has 2 amide bonds. The molecule has 1 aromatic rings. The van der Waals surface area contributed by atoms with Crippen LogP contribution < -0.4 is 15.1 Å². The molecule has 0 unspecified atom stereocenters. The number of hydrazone groups is 1. The molecule has 2 aliphatic rings. The van der Waals surface area contributed by atoms with Crippen molar-refractivity contribution in [3.63, 3.8) is 0 Å². The van der Waals surface area contributed by atoms with Gasteiger partial charge in [-0.1, -0.05) is 0 Å². The Morgan fingerprint density at radius 1 is 1.35 bits per heavy atom. The predicted molar refractivity (Wildman–Crippen MR) is 73.9 cm³/mol. The van der Waals surface area contributed by atoms with E-state index in [9.17, 15) is 9.59 Å². The molecule has 1 N–H and O–H groups in total. The molecule has 0 saturated heterocycles. The average Bonchev–Trinajstić information content (AvgIpc) is 2.90.